The summed E-state index contributed by atoms with van der Waals surface area (Å²) in [5.41, 5.74) is 7.82. The Morgan fingerprint density at radius 3 is 2.44 bits per heavy atom. The molecule has 6 rings (SSSR count). The highest BCUT2D eigenvalue weighted by molar-refractivity contribution is 5.95. The number of nitrogens with zero attached hydrogens (tertiary/aromatic N) is 2. The molecule has 0 bridgehead atoms. The van der Waals surface area contributed by atoms with Crippen LogP contribution in [0.3, 0.4) is 0 Å². The van der Waals surface area contributed by atoms with Gasteiger partial charge in [0.15, 0.2) is 30.4 Å². The summed E-state index contributed by atoms with van der Waals surface area (Å²) in [5.74, 6) is 1.55. The Morgan fingerprint density at radius 2 is 1.69 bits per heavy atom. The summed E-state index contributed by atoms with van der Waals surface area (Å²) < 4.78 is 13.7. The number of amides is 1. The van der Waals surface area contributed by atoms with Gasteiger partial charge in [0.25, 0.3) is 5.91 Å². The summed E-state index contributed by atoms with van der Waals surface area (Å²) >= 11 is 0. The smallest absolute Gasteiger partial charge is 0.254 e. The fraction of sp³-hybridized carbons (Fsp3) is 0.226. The van der Waals surface area contributed by atoms with Crippen molar-refractivity contribution < 1.29 is 18.8 Å². The van der Waals surface area contributed by atoms with Crippen LogP contribution in [0.1, 0.15) is 38.7 Å². The SMILES string of the molecule is COc1cc2c3c(c1OC)-c1ccccc1C[C@@H]3N(C(=O)c1cc[n+](Cc3ccccc3)cc1)CC2. The van der Waals surface area contributed by atoms with E-state index in [1.165, 1.54) is 22.3 Å². The number of ether oxygens (including phenoxy) is 2. The van der Waals surface area contributed by atoms with E-state index in [9.17, 15) is 4.79 Å². The van der Waals surface area contributed by atoms with Gasteiger partial charge >= 0.3 is 0 Å². The fourth-order valence-corrected chi connectivity index (χ4v) is 5.74. The van der Waals surface area contributed by atoms with Crippen molar-refractivity contribution in [1.82, 2.24) is 4.90 Å². The predicted molar refractivity (Wildman–Crippen MR) is 138 cm³/mol. The first-order chi connectivity index (χ1) is 17.7. The number of methoxy groups -OCH3 is 2. The maximum atomic E-state index is 13.8. The summed E-state index contributed by atoms with van der Waals surface area (Å²) in [7, 11) is 3.37. The van der Waals surface area contributed by atoms with Crippen molar-refractivity contribution in [3.63, 3.8) is 0 Å². The van der Waals surface area contributed by atoms with Crippen molar-refractivity contribution >= 4 is 5.91 Å². The van der Waals surface area contributed by atoms with E-state index in [0.29, 0.717) is 12.1 Å². The van der Waals surface area contributed by atoms with Crippen LogP contribution in [-0.4, -0.2) is 31.6 Å². The van der Waals surface area contributed by atoms with E-state index >= 15 is 0 Å². The zero-order valence-corrected chi connectivity index (χ0v) is 20.6. The lowest BCUT2D eigenvalue weighted by atomic mass is 9.76. The average Bonchev–Trinajstić information content (AvgIpc) is 2.93. The molecule has 4 aromatic rings. The van der Waals surface area contributed by atoms with Gasteiger partial charge in [-0.15, -0.1) is 0 Å². The standard InChI is InChI=1S/C31H29N2O3/c1-35-27-19-24-14-17-33(26-18-23-10-6-7-11-25(23)29(28(24)26)30(27)36-2)31(34)22-12-15-32(16-13-22)20-21-8-4-3-5-9-21/h3-13,15-16,19,26H,14,17-18,20H2,1-2H3/q+1/t26-/m0/s1. The number of carbonyl (C=O) groups excluding carboxylic acids is 1. The van der Waals surface area contributed by atoms with Crippen LogP contribution in [0, 0.1) is 0 Å². The van der Waals surface area contributed by atoms with Gasteiger partial charge in [-0.1, -0.05) is 54.6 Å². The summed E-state index contributed by atoms with van der Waals surface area (Å²) in [4.78, 5) is 15.9. The Kier molecular flexibility index (Phi) is 5.68. The molecule has 0 saturated carbocycles. The fourth-order valence-electron chi connectivity index (χ4n) is 5.74. The van der Waals surface area contributed by atoms with Gasteiger partial charge in [-0.3, -0.25) is 4.79 Å². The molecule has 0 unspecified atom stereocenters. The molecular formula is C31H29N2O3+. The highest BCUT2D eigenvalue weighted by atomic mass is 16.5. The number of fused-ring (bicyclic) bond motifs is 2. The number of carbonyl (C=O) groups is 1. The highest BCUT2D eigenvalue weighted by Crippen LogP contribution is 2.52. The molecule has 1 aliphatic carbocycles. The van der Waals surface area contributed by atoms with Gasteiger partial charge in [-0.2, -0.15) is 0 Å². The molecule has 3 aromatic carbocycles. The monoisotopic (exact) mass is 477 g/mol. The lowest BCUT2D eigenvalue weighted by Crippen LogP contribution is -2.43. The molecule has 0 N–H and O–H groups in total. The maximum absolute atomic E-state index is 13.8. The largest absolute Gasteiger partial charge is 0.493 e. The minimum absolute atomic E-state index is 0.0393. The molecule has 1 atom stereocenters. The zero-order chi connectivity index (χ0) is 24.6. The number of hydrogen-bond acceptors (Lipinski definition) is 3. The third kappa shape index (κ3) is 3.72. The molecule has 1 aliphatic heterocycles. The quantitative estimate of drug-likeness (QED) is 0.380. The Morgan fingerprint density at radius 1 is 0.944 bits per heavy atom. The Hall–Kier alpha value is -4.12. The maximum Gasteiger partial charge on any atom is 0.254 e. The molecule has 0 saturated heterocycles. The van der Waals surface area contributed by atoms with Crippen LogP contribution in [-0.2, 0) is 19.4 Å². The first-order valence-electron chi connectivity index (χ1n) is 12.4. The lowest BCUT2D eigenvalue weighted by molar-refractivity contribution is -0.688. The second-order valence-electron chi connectivity index (χ2n) is 9.43. The predicted octanol–water partition coefficient (Wildman–Crippen LogP) is 5.00. The van der Waals surface area contributed by atoms with E-state index in [-0.39, 0.29) is 11.9 Å². The summed E-state index contributed by atoms with van der Waals surface area (Å²) in [6, 6.07) is 24.7. The normalized spacial score (nSPS) is 15.6. The van der Waals surface area contributed by atoms with Crippen molar-refractivity contribution in [2.24, 2.45) is 0 Å². The minimum atomic E-state index is -0.0393. The molecule has 1 amide bonds. The van der Waals surface area contributed by atoms with E-state index in [1.807, 2.05) is 47.6 Å². The van der Waals surface area contributed by atoms with Gasteiger partial charge in [0, 0.05) is 29.8 Å². The summed E-state index contributed by atoms with van der Waals surface area (Å²) in [6.07, 6.45) is 5.56. The van der Waals surface area contributed by atoms with Crippen LogP contribution in [0.2, 0.25) is 0 Å². The number of hydrogen-bond donors (Lipinski definition) is 0. The van der Waals surface area contributed by atoms with E-state index in [4.69, 9.17) is 9.47 Å². The third-order valence-corrected chi connectivity index (χ3v) is 7.43. The zero-order valence-electron chi connectivity index (χ0n) is 20.6. The Labute approximate surface area is 211 Å². The van der Waals surface area contributed by atoms with E-state index < -0.39 is 0 Å². The minimum Gasteiger partial charge on any atom is -0.493 e. The van der Waals surface area contributed by atoms with Gasteiger partial charge < -0.3 is 14.4 Å². The Balaban J connectivity index is 1.36. The van der Waals surface area contributed by atoms with Gasteiger partial charge in [0.05, 0.1) is 25.8 Å². The van der Waals surface area contributed by atoms with Gasteiger partial charge in [0.2, 0.25) is 0 Å². The molecule has 1 aromatic heterocycles. The van der Waals surface area contributed by atoms with Gasteiger partial charge in [-0.05, 0) is 41.2 Å². The number of aromatic nitrogens is 1. The topological polar surface area (TPSA) is 42.7 Å². The second kappa shape index (κ2) is 9.15. The van der Waals surface area contributed by atoms with Crippen LogP contribution in [0.25, 0.3) is 11.1 Å². The number of pyridine rings is 1. The van der Waals surface area contributed by atoms with Crippen LogP contribution in [0.15, 0.2) is 85.2 Å². The van der Waals surface area contributed by atoms with Crippen LogP contribution >= 0.6 is 0 Å². The number of benzene rings is 3. The molecule has 5 heteroatoms. The van der Waals surface area contributed by atoms with Gasteiger partial charge in [0.1, 0.15) is 0 Å². The number of rotatable bonds is 5. The van der Waals surface area contributed by atoms with Crippen molar-refractivity contribution in [2.45, 2.75) is 25.4 Å². The first kappa shape index (κ1) is 22.4. The molecule has 0 fully saturated rings. The lowest BCUT2D eigenvalue weighted by Gasteiger charge is -2.42. The van der Waals surface area contributed by atoms with Crippen molar-refractivity contribution in [2.75, 3.05) is 20.8 Å². The Bertz CT molecular complexity index is 1430. The molecule has 2 heterocycles. The summed E-state index contributed by atoms with van der Waals surface area (Å²) in [6.45, 7) is 1.45. The molecule has 0 spiro atoms. The van der Waals surface area contributed by atoms with E-state index in [0.717, 1.165) is 42.0 Å². The van der Waals surface area contributed by atoms with Crippen LogP contribution in [0.4, 0.5) is 0 Å². The summed E-state index contributed by atoms with van der Waals surface area (Å²) in [5, 5.41) is 0. The van der Waals surface area contributed by atoms with Crippen LogP contribution < -0.4 is 14.0 Å². The molecule has 0 radical (unpaired) electrons. The molecule has 2 aliphatic rings. The molecule has 180 valence electrons. The van der Waals surface area contributed by atoms with Gasteiger partial charge in [-0.25, -0.2) is 4.57 Å². The molecule has 5 nitrogen and oxygen atoms in total. The average molecular weight is 478 g/mol. The van der Waals surface area contributed by atoms with Crippen molar-refractivity contribution in [3.05, 3.63) is 113 Å². The highest BCUT2D eigenvalue weighted by Gasteiger charge is 2.39. The van der Waals surface area contributed by atoms with E-state index in [1.54, 1.807) is 14.2 Å². The molecule has 36 heavy (non-hydrogen) atoms. The first-order valence-corrected chi connectivity index (χ1v) is 12.4. The van der Waals surface area contributed by atoms with E-state index in [2.05, 4.69) is 47.0 Å². The molecular weight excluding hydrogens is 448 g/mol. The third-order valence-electron chi connectivity index (χ3n) is 7.43. The van der Waals surface area contributed by atoms with Crippen molar-refractivity contribution in [3.8, 4) is 22.6 Å². The van der Waals surface area contributed by atoms with Crippen LogP contribution in [0.5, 0.6) is 11.5 Å². The second-order valence-corrected chi connectivity index (χ2v) is 9.43. The van der Waals surface area contributed by atoms with Crippen molar-refractivity contribution in [1.29, 1.82) is 0 Å².